The highest BCUT2D eigenvalue weighted by molar-refractivity contribution is 5.90. The minimum absolute atomic E-state index is 0.00861. The number of nitrogens with one attached hydrogen (secondary N) is 1. The van der Waals surface area contributed by atoms with E-state index in [2.05, 4.69) is 20.5 Å². The zero-order valence-electron chi connectivity index (χ0n) is 34.6. The van der Waals surface area contributed by atoms with E-state index in [1.165, 1.54) is 15.5 Å². The van der Waals surface area contributed by atoms with Crippen LogP contribution in [0.25, 0.3) is 39.4 Å². The van der Waals surface area contributed by atoms with Crippen LogP contribution in [0.15, 0.2) is 65.7 Å². The van der Waals surface area contributed by atoms with Crippen LogP contribution >= 0.6 is 0 Å². The van der Waals surface area contributed by atoms with Crippen LogP contribution in [0.3, 0.4) is 0 Å². The van der Waals surface area contributed by atoms with Gasteiger partial charge in [0.05, 0.1) is 46.5 Å². The molecule has 0 bridgehead atoms. The van der Waals surface area contributed by atoms with Crippen LogP contribution in [0.1, 0.15) is 78.5 Å². The summed E-state index contributed by atoms with van der Waals surface area (Å²) in [5.74, 6) is -0.0338. The largest absolute Gasteiger partial charge is 0.508 e. The molecule has 0 saturated heterocycles. The molecule has 6 heterocycles. The first-order valence-electron chi connectivity index (χ1n) is 19.8. The summed E-state index contributed by atoms with van der Waals surface area (Å²) in [4.78, 5) is 60.1. The number of benzene rings is 2. The number of pyridine rings is 3. The molecule has 8 rings (SSSR count). The van der Waals surface area contributed by atoms with Crippen LogP contribution in [0.4, 0.5) is 4.79 Å². The number of carbonyl (C=O) groups is 3. The average molecular weight is 831 g/mol. The van der Waals surface area contributed by atoms with Gasteiger partial charge in [-0.25, -0.2) is 14.6 Å². The SMILES string of the molecule is CC(C)c1cc(-c2nnc(C=O)n2-c2cccnc2)c(O)cc1O.CCc1c2c(nc3ccc(OC(=O)N(C)CCNC)cc13)-c1cc3c(c(=O)n1C2)COC(=O)C3(O)CC. The highest BCUT2D eigenvalue weighted by Gasteiger charge is 2.45. The number of nitrogens with zero attached hydrogens (tertiary/aromatic N) is 7. The minimum Gasteiger partial charge on any atom is -0.508 e. The molecule has 1 atom stereocenters. The maximum absolute atomic E-state index is 13.5. The standard InChI is InChI=1S/C27H30N4O6.C17H16N4O3/c1-5-16-17-11-15(37-26(34)30(4)10-9-28-3)7-8-21(17)29-23-18(16)13-31-22(23)12-20-19(24(31)32)14-36-25(33)27(20,35)6-2;1-10(2)12-6-13(15(24)7-14(12)23)17-20-19-16(9-22)21(17)11-4-3-5-18-8-11/h7-8,11-12,28,35H,5-6,9-10,13-14H2,1-4H3;3-10,23-24H,1-2H3. The van der Waals surface area contributed by atoms with Crippen LogP contribution in [-0.2, 0) is 34.7 Å². The van der Waals surface area contributed by atoms with Gasteiger partial charge in [-0.1, -0.05) is 27.7 Å². The highest BCUT2D eigenvalue weighted by Crippen LogP contribution is 2.41. The highest BCUT2D eigenvalue weighted by atomic mass is 16.6. The summed E-state index contributed by atoms with van der Waals surface area (Å²) in [6.45, 7) is 8.88. The van der Waals surface area contributed by atoms with Gasteiger partial charge in [0.15, 0.2) is 17.7 Å². The molecular weight excluding hydrogens is 785 g/mol. The third kappa shape index (κ3) is 7.57. The number of fused-ring (bicyclic) bond motifs is 5. The molecule has 1 amide bonds. The molecule has 0 radical (unpaired) electrons. The van der Waals surface area contributed by atoms with E-state index in [9.17, 15) is 34.5 Å². The molecule has 4 N–H and O–H groups in total. The van der Waals surface area contributed by atoms with E-state index in [1.807, 2.05) is 33.9 Å². The molecule has 4 aromatic heterocycles. The fraction of sp³-hybridized carbons (Fsp3) is 0.318. The maximum atomic E-state index is 13.5. The molecule has 2 aromatic carbocycles. The summed E-state index contributed by atoms with van der Waals surface area (Å²) < 4.78 is 13.9. The van der Waals surface area contributed by atoms with E-state index in [0.29, 0.717) is 88.8 Å². The molecule has 17 heteroatoms. The summed E-state index contributed by atoms with van der Waals surface area (Å²) in [5.41, 5.74) is 3.87. The second-order valence-electron chi connectivity index (χ2n) is 15.1. The van der Waals surface area contributed by atoms with Gasteiger partial charge in [-0.15, -0.1) is 10.2 Å². The summed E-state index contributed by atoms with van der Waals surface area (Å²) in [6, 6.07) is 13.4. The molecule has 6 aromatic rings. The Hall–Kier alpha value is -6.98. The number of phenolic OH excluding ortho intramolecular Hbond substituents is 2. The lowest BCUT2D eigenvalue weighted by molar-refractivity contribution is -0.172. The van der Waals surface area contributed by atoms with E-state index in [0.717, 1.165) is 16.5 Å². The number of phenols is 2. The lowest BCUT2D eigenvalue weighted by Gasteiger charge is -2.31. The van der Waals surface area contributed by atoms with E-state index < -0.39 is 17.7 Å². The second-order valence-corrected chi connectivity index (χ2v) is 15.1. The number of aldehydes is 1. The first-order chi connectivity index (χ1) is 29.3. The fourth-order valence-electron chi connectivity index (χ4n) is 7.68. The molecular formula is C44H46N8O9. The first-order valence-corrected chi connectivity index (χ1v) is 19.8. The number of amides is 1. The first kappa shape index (κ1) is 42.2. The van der Waals surface area contributed by atoms with Crippen LogP contribution in [0.2, 0.25) is 0 Å². The van der Waals surface area contributed by atoms with Gasteiger partial charge in [-0.3, -0.25) is 19.1 Å². The van der Waals surface area contributed by atoms with Crippen LogP contribution in [0, 0.1) is 0 Å². The summed E-state index contributed by atoms with van der Waals surface area (Å²) in [7, 11) is 3.50. The van der Waals surface area contributed by atoms with E-state index in [1.54, 1.807) is 67.3 Å². The Labute approximate surface area is 350 Å². The number of cyclic esters (lactones) is 1. The number of likely N-dealkylation sites (N-methyl/N-ethyl adjacent to an activating group) is 2. The normalized spacial score (nSPS) is 15.0. The van der Waals surface area contributed by atoms with E-state index in [4.69, 9.17) is 14.5 Å². The molecule has 61 heavy (non-hydrogen) atoms. The molecule has 316 valence electrons. The maximum Gasteiger partial charge on any atom is 0.415 e. The van der Waals surface area contributed by atoms with Gasteiger partial charge < -0.3 is 39.6 Å². The smallest absolute Gasteiger partial charge is 0.415 e. The number of aryl methyl sites for hydroxylation is 1. The number of aromatic hydroxyl groups is 2. The quantitative estimate of drug-likeness (QED) is 0.106. The summed E-state index contributed by atoms with van der Waals surface area (Å²) in [6.07, 6.45) is 4.08. The van der Waals surface area contributed by atoms with Crippen molar-refractivity contribution in [3.63, 3.8) is 0 Å². The number of carbonyl (C=O) groups excluding carboxylic acids is 3. The molecule has 0 aliphatic carbocycles. The summed E-state index contributed by atoms with van der Waals surface area (Å²) >= 11 is 0. The van der Waals surface area contributed by atoms with Gasteiger partial charge in [0, 0.05) is 48.9 Å². The van der Waals surface area contributed by atoms with Crippen molar-refractivity contribution in [2.24, 2.45) is 0 Å². The molecule has 0 spiro atoms. The van der Waals surface area contributed by atoms with Crippen molar-refractivity contribution in [1.82, 2.24) is 39.5 Å². The topological polar surface area (TPSA) is 224 Å². The Bertz CT molecular complexity index is 2750. The van der Waals surface area contributed by atoms with Crippen molar-refractivity contribution >= 4 is 29.3 Å². The van der Waals surface area contributed by atoms with Crippen LogP contribution in [0.5, 0.6) is 17.2 Å². The van der Waals surface area contributed by atoms with Gasteiger partial charge >= 0.3 is 12.1 Å². The molecule has 2 aliphatic rings. The zero-order chi connectivity index (χ0) is 43.7. The lowest BCUT2D eigenvalue weighted by Crippen LogP contribution is -2.44. The third-order valence-corrected chi connectivity index (χ3v) is 11.1. The Morgan fingerprint density at radius 1 is 1.08 bits per heavy atom. The second kappa shape index (κ2) is 16.9. The van der Waals surface area contributed by atoms with Crippen molar-refractivity contribution < 1.29 is 39.2 Å². The Balaban J connectivity index is 0.000000202. The summed E-state index contributed by atoms with van der Waals surface area (Å²) in [5, 5.41) is 43.1. The Morgan fingerprint density at radius 2 is 1.87 bits per heavy atom. The van der Waals surface area contributed by atoms with Crippen LogP contribution in [-0.4, -0.2) is 95.1 Å². The minimum atomic E-state index is -1.87. The van der Waals surface area contributed by atoms with Gasteiger partial charge in [-0.05, 0) is 79.4 Å². The number of hydrogen-bond acceptors (Lipinski definition) is 14. The number of hydrogen-bond donors (Lipinski definition) is 4. The fourth-order valence-corrected chi connectivity index (χ4v) is 7.68. The predicted molar refractivity (Wildman–Crippen MR) is 224 cm³/mol. The Kier molecular flexibility index (Phi) is 11.7. The molecule has 1 unspecified atom stereocenters. The van der Waals surface area contributed by atoms with E-state index in [-0.39, 0.29) is 41.8 Å². The number of esters is 1. The van der Waals surface area contributed by atoms with Gasteiger partial charge in [0.1, 0.15) is 23.9 Å². The van der Waals surface area contributed by atoms with Crippen molar-refractivity contribution in [3.8, 4) is 45.7 Å². The number of aromatic nitrogens is 6. The van der Waals surface area contributed by atoms with Crippen molar-refractivity contribution in [3.05, 3.63) is 105 Å². The Morgan fingerprint density at radius 3 is 2.54 bits per heavy atom. The molecule has 0 saturated carbocycles. The zero-order valence-corrected chi connectivity index (χ0v) is 34.6. The average Bonchev–Trinajstić information content (AvgIpc) is 3.85. The molecule has 17 nitrogen and oxygen atoms in total. The van der Waals surface area contributed by atoms with Crippen molar-refractivity contribution in [1.29, 1.82) is 0 Å². The number of aliphatic hydroxyl groups is 1. The van der Waals surface area contributed by atoms with Gasteiger partial charge in [0.25, 0.3) is 5.56 Å². The number of rotatable bonds is 10. The molecule has 0 fully saturated rings. The van der Waals surface area contributed by atoms with Gasteiger partial charge in [0.2, 0.25) is 5.82 Å². The number of ether oxygens (including phenoxy) is 2. The lowest BCUT2D eigenvalue weighted by atomic mass is 9.86. The monoisotopic (exact) mass is 830 g/mol. The predicted octanol–water partition coefficient (Wildman–Crippen LogP) is 4.97. The van der Waals surface area contributed by atoms with Crippen molar-refractivity contribution in [2.45, 2.75) is 65.2 Å². The van der Waals surface area contributed by atoms with Crippen molar-refractivity contribution in [2.75, 3.05) is 27.2 Å². The molecule has 2 aliphatic heterocycles. The van der Waals surface area contributed by atoms with Gasteiger partial charge in [-0.2, -0.15) is 0 Å². The third-order valence-electron chi connectivity index (χ3n) is 11.1. The van der Waals surface area contributed by atoms with Crippen LogP contribution < -0.4 is 15.6 Å². The van der Waals surface area contributed by atoms with E-state index >= 15 is 0 Å².